The van der Waals surface area contributed by atoms with Crippen molar-refractivity contribution >= 4 is 54.5 Å². The summed E-state index contributed by atoms with van der Waals surface area (Å²) in [6, 6.07) is 2.02. The van der Waals surface area contributed by atoms with Crippen molar-refractivity contribution in [1.29, 1.82) is 0 Å². The van der Waals surface area contributed by atoms with Gasteiger partial charge in [0.05, 0.1) is 32.3 Å². The average molecular weight is 1000 g/mol. The van der Waals surface area contributed by atoms with Crippen molar-refractivity contribution in [2.75, 3.05) is 76.4 Å². The fourth-order valence-corrected chi connectivity index (χ4v) is 9.72. The van der Waals surface area contributed by atoms with E-state index in [9.17, 15) is 19.2 Å². The number of hydrogen-bond acceptors (Lipinski definition) is 18. The minimum absolute atomic E-state index is 0.0985. The van der Waals surface area contributed by atoms with Gasteiger partial charge in [0, 0.05) is 88.6 Å². The van der Waals surface area contributed by atoms with Gasteiger partial charge in [0.15, 0.2) is 22.4 Å². The van der Waals surface area contributed by atoms with Crippen molar-refractivity contribution in [1.82, 2.24) is 39.5 Å². The van der Waals surface area contributed by atoms with E-state index in [-0.39, 0.29) is 40.8 Å². The average Bonchev–Trinajstić information content (AvgIpc) is 3.30. The highest BCUT2D eigenvalue weighted by molar-refractivity contribution is 6.39. The molecule has 70 heavy (non-hydrogen) atoms. The van der Waals surface area contributed by atoms with E-state index in [4.69, 9.17) is 40.6 Å². The van der Waals surface area contributed by atoms with Crippen LogP contribution in [0.3, 0.4) is 0 Å². The van der Waals surface area contributed by atoms with E-state index >= 15 is 0 Å². The highest BCUT2D eigenvalue weighted by atomic mass is 35.5. The van der Waals surface area contributed by atoms with Crippen LogP contribution in [0.25, 0.3) is 0 Å². The van der Waals surface area contributed by atoms with Gasteiger partial charge >= 0.3 is 31.2 Å². The molecule has 4 aliphatic heterocycles. The third kappa shape index (κ3) is 16.2. The summed E-state index contributed by atoms with van der Waals surface area (Å²) >= 11 is 6.41. The SMILES string of the molecule is CB(O)O.CC[C@H]1CN(c2ncc(C(=O)OC)nc2C)[C@H](C)CN1C1CCN(C(=O)OC(C)(C)C)CC1.CC[C@H]1CN(c2ncc(C(=O)OC)nc2Cl)[C@H](C)CN1C1CCN(C(=O)OC(C)(C)C)CC1. The van der Waals surface area contributed by atoms with E-state index in [2.05, 4.69) is 67.2 Å². The standard InChI is InChI=1S/C24H39N5O4.C23H36ClN5O4.CH5BO2/c1-8-18-15-28(21-17(3)26-20(13-25-21)22(30)32-7)16(2)14-29(18)19-9-11-27(12-10-19)23(31)33-24(4,5)6;1-7-16-14-28(20-19(24)26-18(12-25-20)21(30)32-6)15(2)13-29(16)17-8-10-27(11-9-17)22(31)33-23(3,4)5;1-2(3)4/h13,16,18-19H,8-12,14-15H2,1-7H3;12,15-17H,7-11,13-14H2,1-6H3;3-4H,1H3/t16-,18+;15-,16+;/m11./s1. The molecular formula is C48H80BClN10O10. The van der Waals surface area contributed by atoms with Crippen molar-refractivity contribution in [3.05, 3.63) is 34.6 Å². The Hall–Kier alpha value is -4.57. The number of aryl methyl sites for hydroxylation is 1. The zero-order valence-electron chi connectivity index (χ0n) is 44.1. The molecule has 0 radical (unpaired) electrons. The Morgan fingerprint density at radius 1 is 0.671 bits per heavy atom. The van der Waals surface area contributed by atoms with E-state index in [1.165, 1.54) is 33.4 Å². The molecule has 4 fully saturated rings. The third-order valence-electron chi connectivity index (χ3n) is 12.8. The number of carbonyl (C=O) groups is 4. The number of esters is 2. The predicted molar refractivity (Wildman–Crippen MR) is 269 cm³/mol. The second-order valence-corrected chi connectivity index (χ2v) is 20.9. The number of piperidine rings is 2. The van der Waals surface area contributed by atoms with Gasteiger partial charge in [0.25, 0.3) is 0 Å². The van der Waals surface area contributed by atoms with Gasteiger partial charge in [-0.15, -0.1) is 0 Å². The van der Waals surface area contributed by atoms with Crippen LogP contribution < -0.4 is 9.80 Å². The molecule has 4 saturated heterocycles. The number of likely N-dealkylation sites (tertiary alicyclic amines) is 2. The van der Waals surface area contributed by atoms with E-state index in [1.54, 1.807) is 0 Å². The predicted octanol–water partition coefficient (Wildman–Crippen LogP) is 5.95. The molecule has 392 valence electrons. The molecule has 0 aliphatic carbocycles. The Morgan fingerprint density at radius 2 is 1.03 bits per heavy atom. The van der Waals surface area contributed by atoms with Crippen LogP contribution in [0, 0.1) is 6.92 Å². The van der Waals surface area contributed by atoms with E-state index in [0.29, 0.717) is 43.1 Å². The molecule has 2 amide bonds. The summed E-state index contributed by atoms with van der Waals surface area (Å²) in [5.74, 6) is 0.389. The lowest BCUT2D eigenvalue weighted by atomic mass is 9.96. The van der Waals surface area contributed by atoms with Crippen LogP contribution >= 0.6 is 11.6 Å². The van der Waals surface area contributed by atoms with Gasteiger partial charge in [-0.05, 0) is 108 Å². The smallest absolute Gasteiger partial charge is 0.448 e. The van der Waals surface area contributed by atoms with E-state index in [1.807, 2.05) is 58.3 Å². The van der Waals surface area contributed by atoms with Crippen LogP contribution in [0.15, 0.2) is 12.4 Å². The minimum Gasteiger partial charge on any atom is -0.464 e. The first-order chi connectivity index (χ1) is 32.8. The lowest BCUT2D eigenvalue weighted by molar-refractivity contribution is 0.00670. The number of anilines is 2. The fourth-order valence-electron chi connectivity index (χ4n) is 9.47. The lowest BCUT2D eigenvalue weighted by Crippen LogP contribution is -2.62. The first-order valence-corrected chi connectivity index (χ1v) is 25.1. The molecule has 6 rings (SSSR count). The number of halogens is 1. The van der Waals surface area contributed by atoms with Crippen LogP contribution in [-0.4, -0.2) is 195 Å². The number of aromatic nitrogens is 4. The Bertz CT molecular complexity index is 1900. The molecule has 6 heterocycles. The summed E-state index contributed by atoms with van der Waals surface area (Å²) in [7, 11) is 1.48. The molecule has 0 aromatic carbocycles. The van der Waals surface area contributed by atoms with Crippen molar-refractivity contribution in [2.24, 2.45) is 0 Å². The topological polar surface area (TPSA) is 217 Å². The monoisotopic (exact) mass is 1000 g/mol. The molecule has 4 aliphatic rings. The Balaban J connectivity index is 0.000000283. The lowest BCUT2D eigenvalue weighted by Gasteiger charge is -2.50. The van der Waals surface area contributed by atoms with E-state index in [0.717, 1.165) is 89.3 Å². The van der Waals surface area contributed by atoms with Gasteiger partial charge in [-0.2, -0.15) is 0 Å². The summed E-state index contributed by atoms with van der Waals surface area (Å²) in [6.07, 6.45) is 8.26. The normalized spacial score (nSPS) is 22.0. The molecule has 0 spiro atoms. The number of ether oxygens (including phenoxy) is 4. The van der Waals surface area contributed by atoms with Crippen LogP contribution in [0.2, 0.25) is 12.0 Å². The maximum Gasteiger partial charge on any atom is 0.448 e. The summed E-state index contributed by atoms with van der Waals surface area (Å²) in [4.78, 5) is 79.3. The number of nitrogens with zero attached hydrogens (tertiary/aromatic N) is 10. The molecule has 0 unspecified atom stereocenters. The van der Waals surface area contributed by atoms with Crippen molar-refractivity contribution in [3.63, 3.8) is 0 Å². The number of piperazine rings is 2. The highest BCUT2D eigenvalue weighted by Crippen LogP contribution is 2.33. The molecule has 2 aromatic rings. The summed E-state index contributed by atoms with van der Waals surface area (Å²) in [5, 5.41) is 15.4. The van der Waals surface area contributed by atoms with Crippen LogP contribution in [0.5, 0.6) is 0 Å². The van der Waals surface area contributed by atoms with Gasteiger partial charge in [-0.1, -0.05) is 25.4 Å². The summed E-state index contributed by atoms with van der Waals surface area (Å²) < 4.78 is 20.6. The number of carbonyl (C=O) groups excluding carboxylic acids is 4. The fraction of sp³-hybridized carbons (Fsp3) is 0.750. The summed E-state index contributed by atoms with van der Waals surface area (Å²) in [5.41, 5.74) is 0.115. The summed E-state index contributed by atoms with van der Waals surface area (Å²) in [6.45, 7) is 29.6. The second kappa shape index (κ2) is 25.7. The first-order valence-electron chi connectivity index (χ1n) is 24.7. The maximum atomic E-state index is 12.4. The van der Waals surface area contributed by atoms with E-state index < -0.39 is 30.3 Å². The minimum atomic E-state index is -1.17. The van der Waals surface area contributed by atoms with Gasteiger partial charge in [-0.25, -0.2) is 39.1 Å². The first kappa shape index (κ1) is 58.0. The number of methoxy groups -OCH3 is 2. The van der Waals surface area contributed by atoms with Gasteiger partial charge < -0.3 is 48.6 Å². The van der Waals surface area contributed by atoms with Crippen molar-refractivity contribution in [3.8, 4) is 0 Å². The molecule has 4 atom stereocenters. The highest BCUT2D eigenvalue weighted by Gasteiger charge is 2.40. The number of amides is 2. The molecule has 20 nitrogen and oxygen atoms in total. The molecule has 2 N–H and O–H groups in total. The van der Waals surface area contributed by atoms with Crippen LogP contribution in [-0.2, 0) is 18.9 Å². The largest absolute Gasteiger partial charge is 0.464 e. The van der Waals surface area contributed by atoms with Gasteiger partial charge in [-0.3, -0.25) is 9.80 Å². The maximum absolute atomic E-state index is 12.4. The third-order valence-corrected chi connectivity index (χ3v) is 13.1. The zero-order chi connectivity index (χ0) is 52.2. The Labute approximate surface area is 420 Å². The molecular weight excluding hydrogens is 923 g/mol. The van der Waals surface area contributed by atoms with Gasteiger partial charge in [0.2, 0.25) is 0 Å². The van der Waals surface area contributed by atoms with Gasteiger partial charge in [0.1, 0.15) is 17.0 Å². The number of hydrogen-bond donors (Lipinski definition) is 2. The molecule has 22 heteroatoms. The quantitative estimate of drug-likeness (QED) is 0.177. The van der Waals surface area contributed by atoms with Crippen molar-refractivity contribution < 1.29 is 48.2 Å². The van der Waals surface area contributed by atoms with Crippen molar-refractivity contribution in [2.45, 2.75) is 169 Å². The molecule has 0 bridgehead atoms. The Morgan fingerprint density at radius 3 is 1.36 bits per heavy atom. The zero-order valence-corrected chi connectivity index (χ0v) is 44.9. The Kier molecular flexibility index (Phi) is 21.3. The molecule has 0 saturated carbocycles. The van der Waals surface area contributed by atoms with Crippen LogP contribution in [0.1, 0.15) is 134 Å². The number of rotatable bonds is 8. The second-order valence-electron chi connectivity index (χ2n) is 20.6. The van der Waals surface area contributed by atoms with Crippen LogP contribution in [0.4, 0.5) is 21.2 Å². The molecule has 2 aromatic heterocycles.